The van der Waals surface area contributed by atoms with Crippen LogP contribution in [-0.4, -0.2) is 11.1 Å². The molecule has 5 heteroatoms. The molecule has 14 heavy (non-hydrogen) atoms. The first-order valence-corrected chi connectivity index (χ1v) is 3.71. The number of anilines is 1. The van der Waals surface area contributed by atoms with Gasteiger partial charge in [-0.3, -0.25) is 0 Å². The van der Waals surface area contributed by atoms with E-state index in [1.54, 1.807) is 0 Å². The number of hydrogen-bond acceptors (Lipinski definition) is 2. The van der Waals surface area contributed by atoms with Crippen LogP contribution in [0.2, 0.25) is 0 Å². The zero-order valence-corrected chi connectivity index (χ0v) is 7.00. The number of hydrogen-bond donors (Lipinski definition) is 2. The van der Waals surface area contributed by atoms with E-state index in [9.17, 15) is 13.6 Å². The fourth-order valence-electron chi connectivity index (χ4n) is 0.832. The smallest absolute Gasteiger partial charge is 0.329 e. The lowest BCUT2D eigenvalue weighted by Crippen LogP contribution is -1.97. The maximum absolute atomic E-state index is 12.9. The lowest BCUT2D eigenvalue weighted by Gasteiger charge is -2.02. The Kier molecular flexibility index (Phi) is 3.17. The fourth-order valence-corrected chi connectivity index (χ4v) is 0.832. The van der Waals surface area contributed by atoms with Crippen LogP contribution in [0.1, 0.15) is 0 Å². The Bertz CT molecular complexity index is 357. The second kappa shape index (κ2) is 4.36. The summed E-state index contributed by atoms with van der Waals surface area (Å²) < 4.78 is 25.8. The lowest BCUT2D eigenvalue weighted by atomic mass is 10.3. The van der Waals surface area contributed by atoms with Crippen molar-refractivity contribution in [2.24, 2.45) is 0 Å². The molecule has 0 atom stereocenters. The number of carboxylic acids is 1. The number of nitrogens with one attached hydrogen (secondary N) is 1. The van der Waals surface area contributed by atoms with Gasteiger partial charge in [0.1, 0.15) is 17.3 Å². The van der Waals surface area contributed by atoms with Crippen molar-refractivity contribution >= 4 is 11.7 Å². The van der Waals surface area contributed by atoms with Gasteiger partial charge in [-0.15, -0.1) is 0 Å². The van der Waals surface area contributed by atoms with Gasteiger partial charge in [-0.25, -0.2) is 13.6 Å². The molecule has 74 valence electrons. The van der Waals surface area contributed by atoms with E-state index in [4.69, 9.17) is 5.11 Å². The van der Waals surface area contributed by atoms with Gasteiger partial charge >= 0.3 is 5.97 Å². The van der Waals surface area contributed by atoms with Gasteiger partial charge in [0.2, 0.25) is 0 Å². The number of rotatable bonds is 3. The molecule has 0 aliphatic carbocycles. The quantitative estimate of drug-likeness (QED) is 0.731. The highest BCUT2D eigenvalue weighted by Crippen LogP contribution is 2.17. The topological polar surface area (TPSA) is 49.3 Å². The number of carboxylic acid groups (broad SMARTS) is 1. The predicted molar refractivity (Wildman–Crippen MR) is 46.8 cm³/mol. The maximum Gasteiger partial charge on any atom is 0.329 e. The van der Waals surface area contributed by atoms with Crippen LogP contribution in [0.15, 0.2) is 30.5 Å². The summed E-state index contributed by atoms with van der Waals surface area (Å²) in [7, 11) is 0. The Hall–Kier alpha value is -1.91. The van der Waals surface area contributed by atoms with Gasteiger partial charge in [0.25, 0.3) is 0 Å². The number of carbonyl (C=O) groups is 1. The average Bonchev–Trinajstić information content (AvgIpc) is 2.09. The first kappa shape index (κ1) is 10.2. The van der Waals surface area contributed by atoms with Crippen molar-refractivity contribution in [3.8, 4) is 0 Å². The summed E-state index contributed by atoms with van der Waals surface area (Å²) in [6, 6.07) is 3.36. The number of para-hydroxylation sites is 1. The largest absolute Gasteiger partial charge is 0.478 e. The maximum atomic E-state index is 12.9. The molecule has 1 rings (SSSR count). The Morgan fingerprint density at radius 1 is 1.36 bits per heavy atom. The van der Waals surface area contributed by atoms with Crippen molar-refractivity contribution in [2.45, 2.75) is 0 Å². The summed E-state index contributed by atoms with van der Waals surface area (Å²) in [5.41, 5.74) is -0.370. The highest BCUT2D eigenvalue weighted by atomic mass is 19.1. The van der Waals surface area contributed by atoms with E-state index < -0.39 is 17.6 Å². The molecule has 0 saturated heterocycles. The Morgan fingerprint density at radius 3 is 2.43 bits per heavy atom. The van der Waals surface area contributed by atoms with Gasteiger partial charge in [-0.05, 0) is 12.1 Å². The normalized spacial score (nSPS) is 10.4. The molecule has 1 aromatic carbocycles. The van der Waals surface area contributed by atoms with Gasteiger partial charge in [-0.1, -0.05) is 6.07 Å². The van der Waals surface area contributed by atoms with Gasteiger partial charge in [0.15, 0.2) is 0 Å². The summed E-state index contributed by atoms with van der Waals surface area (Å²) in [6.07, 6.45) is 1.69. The highest BCUT2D eigenvalue weighted by molar-refractivity contribution is 5.80. The molecule has 0 heterocycles. The van der Waals surface area contributed by atoms with Crippen LogP contribution in [0.3, 0.4) is 0 Å². The molecule has 0 amide bonds. The number of aliphatic carboxylic acids is 1. The monoisotopic (exact) mass is 199 g/mol. The second-order valence-electron chi connectivity index (χ2n) is 2.41. The van der Waals surface area contributed by atoms with Crippen molar-refractivity contribution < 1.29 is 18.7 Å². The van der Waals surface area contributed by atoms with Crippen LogP contribution < -0.4 is 5.32 Å². The van der Waals surface area contributed by atoms with E-state index in [0.29, 0.717) is 0 Å². The minimum Gasteiger partial charge on any atom is -0.478 e. The molecule has 0 aliphatic rings. The second-order valence-corrected chi connectivity index (χ2v) is 2.41. The Balaban J connectivity index is 2.81. The molecule has 1 aromatic rings. The highest BCUT2D eigenvalue weighted by Gasteiger charge is 2.05. The van der Waals surface area contributed by atoms with Crippen LogP contribution in [0, 0.1) is 11.6 Å². The van der Waals surface area contributed by atoms with Crippen LogP contribution in [0.25, 0.3) is 0 Å². The van der Waals surface area contributed by atoms with E-state index >= 15 is 0 Å². The van der Waals surface area contributed by atoms with Gasteiger partial charge < -0.3 is 10.4 Å². The van der Waals surface area contributed by atoms with E-state index in [2.05, 4.69) is 5.32 Å². The van der Waals surface area contributed by atoms with E-state index in [1.807, 2.05) is 0 Å². The first-order chi connectivity index (χ1) is 6.61. The van der Waals surface area contributed by atoms with E-state index in [0.717, 1.165) is 24.4 Å². The summed E-state index contributed by atoms with van der Waals surface area (Å²) in [6.45, 7) is 0. The molecular weight excluding hydrogens is 192 g/mol. The van der Waals surface area contributed by atoms with Crippen LogP contribution in [0.4, 0.5) is 14.5 Å². The molecule has 3 nitrogen and oxygen atoms in total. The Labute approximate surface area is 78.7 Å². The minimum absolute atomic E-state index is 0.370. The molecule has 0 aromatic heterocycles. The van der Waals surface area contributed by atoms with E-state index in [-0.39, 0.29) is 5.69 Å². The molecule has 0 radical (unpaired) electrons. The molecule has 0 unspecified atom stereocenters. The van der Waals surface area contributed by atoms with Crippen molar-refractivity contribution in [3.63, 3.8) is 0 Å². The standard InChI is InChI=1S/C9H7F2NO2/c10-6-2-1-3-7(11)9(6)12-5-4-8(13)14/h1-5,12H,(H,13,14)/b5-4+. The van der Waals surface area contributed by atoms with Crippen LogP contribution >= 0.6 is 0 Å². The zero-order chi connectivity index (χ0) is 10.6. The predicted octanol–water partition coefficient (Wildman–Crippen LogP) is 1.97. The zero-order valence-electron chi connectivity index (χ0n) is 7.00. The van der Waals surface area contributed by atoms with Gasteiger partial charge in [0, 0.05) is 12.3 Å². The van der Waals surface area contributed by atoms with Crippen molar-refractivity contribution in [3.05, 3.63) is 42.1 Å². The summed E-state index contributed by atoms with van der Waals surface area (Å²) in [4.78, 5) is 10.0. The van der Waals surface area contributed by atoms with Crippen molar-refractivity contribution in [2.75, 3.05) is 5.32 Å². The lowest BCUT2D eigenvalue weighted by molar-refractivity contribution is -0.131. The van der Waals surface area contributed by atoms with Crippen molar-refractivity contribution in [1.82, 2.24) is 0 Å². The molecular formula is C9H7F2NO2. The summed E-state index contributed by atoms with van der Waals surface area (Å²) in [5.74, 6) is -2.76. The number of benzene rings is 1. The summed E-state index contributed by atoms with van der Waals surface area (Å²) in [5, 5.41) is 10.4. The van der Waals surface area contributed by atoms with E-state index in [1.165, 1.54) is 6.07 Å². The third-order valence-electron chi connectivity index (χ3n) is 1.42. The fraction of sp³-hybridized carbons (Fsp3) is 0. The Morgan fingerprint density at radius 2 is 1.93 bits per heavy atom. The van der Waals surface area contributed by atoms with Crippen molar-refractivity contribution in [1.29, 1.82) is 0 Å². The first-order valence-electron chi connectivity index (χ1n) is 3.71. The molecule has 2 N–H and O–H groups in total. The van der Waals surface area contributed by atoms with Crippen LogP contribution in [0.5, 0.6) is 0 Å². The SMILES string of the molecule is O=C(O)/C=C/Nc1c(F)cccc1F. The minimum atomic E-state index is -1.20. The third-order valence-corrected chi connectivity index (χ3v) is 1.42. The summed E-state index contributed by atoms with van der Waals surface area (Å²) >= 11 is 0. The molecule has 0 bridgehead atoms. The molecule has 0 fully saturated rings. The molecule has 0 aliphatic heterocycles. The van der Waals surface area contributed by atoms with Gasteiger partial charge in [0.05, 0.1) is 0 Å². The molecule has 0 saturated carbocycles. The third kappa shape index (κ3) is 2.55. The number of halogens is 2. The van der Waals surface area contributed by atoms with Gasteiger partial charge in [-0.2, -0.15) is 0 Å². The average molecular weight is 199 g/mol. The van der Waals surface area contributed by atoms with Crippen LogP contribution in [-0.2, 0) is 4.79 Å². The molecule has 0 spiro atoms.